The van der Waals surface area contributed by atoms with Crippen molar-refractivity contribution in [1.29, 1.82) is 0 Å². The van der Waals surface area contributed by atoms with Gasteiger partial charge in [0.2, 0.25) is 0 Å². The van der Waals surface area contributed by atoms with Crippen LogP contribution < -0.4 is 10.6 Å². The van der Waals surface area contributed by atoms with E-state index in [4.69, 9.17) is 0 Å². The second-order valence-electron chi connectivity index (χ2n) is 8.25. The summed E-state index contributed by atoms with van der Waals surface area (Å²) in [5, 5.41) is 16.4. The smallest absolute Gasteiger partial charge is 0.315 e. The van der Waals surface area contributed by atoms with Crippen molar-refractivity contribution in [3.63, 3.8) is 0 Å². The Morgan fingerprint density at radius 2 is 1.52 bits per heavy atom. The largest absolute Gasteiger partial charge is 0.391 e. The molecule has 0 spiro atoms. The van der Waals surface area contributed by atoms with Gasteiger partial charge >= 0.3 is 6.03 Å². The highest BCUT2D eigenvalue weighted by atomic mass is 16.3. The van der Waals surface area contributed by atoms with E-state index >= 15 is 0 Å². The zero-order chi connectivity index (χ0) is 14.4. The molecule has 0 aromatic carbocycles. The Kier molecular flexibility index (Phi) is 3.40. The van der Waals surface area contributed by atoms with E-state index in [1.807, 2.05) is 0 Å². The number of urea groups is 1. The Morgan fingerprint density at radius 3 is 2.10 bits per heavy atom. The molecule has 2 atom stereocenters. The number of rotatable bonds is 2. The molecule has 21 heavy (non-hydrogen) atoms. The van der Waals surface area contributed by atoms with Gasteiger partial charge in [-0.1, -0.05) is 12.8 Å². The summed E-state index contributed by atoms with van der Waals surface area (Å²) in [7, 11) is 0. The molecule has 0 aromatic rings. The van der Waals surface area contributed by atoms with Crippen LogP contribution in [0.4, 0.5) is 4.79 Å². The van der Waals surface area contributed by atoms with E-state index < -0.39 is 0 Å². The van der Waals surface area contributed by atoms with Crippen molar-refractivity contribution in [3.05, 3.63) is 0 Å². The molecule has 3 N–H and O–H groups in total. The second kappa shape index (κ2) is 5.15. The molecule has 0 heterocycles. The standard InChI is InChI=1S/C17H28N2O2/c20-15-4-2-1-3-14(15)18-16(21)19-17-8-11-5-12(9-17)7-13(6-11)10-17/h11-15,20H,1-10H2,(H2,18,19,21). The minimum absolute atomic E-state index is 0.0390. The molecule has 2 amide bonds. The molecule has 0 radical (unpaired) electrons. The minimum atomic E-state index is -0.360. The molecular weight excluding hydrogens is 264 g/mol. The van der Waals surface area contributed by atoms with E-state index in [-0.39, 0.29) is 23.7 Å². The maximum absolute atomic E-state index is 12.4. The minimum Gasteiger partial charge on any atom is -0.391 e. The summed E-state index contributed by atoms with van der Waals surface area (Å²) in [6, 6.07) is -0.0874. The fourth-order valence-electron chi connectivity index (χ4n) is 5.99. The number of nitrogens with one attached hydrogen (secondary N) is 2. The van der Waals surface area contributed by atoms with Gasteiger partial charge in [0.15, 0.2) is 0 Å². The fraction of sp³-hybridized carbons (Fsp3) is 0.941. The lowest BCUT2D eigenvalue weighted by molar-refractivity contribution is -0.0142. The van der Waals surface area contributed by atoms with Crippen LogP contribution in [-0.4, -0.2) is 28.8 Å². The lowest BCUT2D eigenvalue weighted by Gasteiger charge is -2.56. The van der Waals surface area contributed by atoms with Crippen molar-refractivity contribution < 1.29 is 9.90 Å². The van der Waals surface area contributed by atoms with Gasteiger partial charge in [0.25, 0.3) is 0 Å². The highest BCUT2D eigenvalue weighted by Gasteiger charge is 2.51. The summed E-state index contributed by atoms with van der Waals surface area (Å²) < 4.78 is 0. The molecule has 0 saturated heterocycles. The zero-order valence-electron chi connectivity index (χ0n) is 12.8. The van der Waals surface area contributed by atoms with Crippen molar-refractivity contribution in [2.45, 2.75) is 81.9 Å². The average molecular weight is 292 g/mol. The van der Waals surface area contributed by atoms with Gasteiger partial charge in [-0.2, -0.15) is 0 Å². The number of carbonyl (C=O) groups is 1. The van der Waals surface area contributed by atoms with Crippen LogP contribution in [0.3, 0.4) is 0 Å². The van der Waals surface area contributed by atoms with Crippen LogP contribution in [0.2, 0.25) is 0 Å². The Bertz CT molecular complexity index is 388. The van der Waals surface area contributed by atoms with Gasteiger partial charge < -0.3 is 15.7 Å². The van der Waals surface area contributed by atoms with E-state index in [2.05, 4.69) is 10.6 Å². The molecule has 5 aliphatic carbocycles. The predicted molar refractivity (Wildman–Crippen MR) is 80.8 cm³/mol. The number of carbonyl (C=O) groups excluding carboxylic acids is 1. The summed E-state index contributed by atoms with van der Waals surface area (Å²) in [5.41, 5.74) is 0.0679. The van der Waals surface area contributed by atoms with E-state index in [0.29, 0.717) is 0 Å². The quantitative estimate of drug-likeness (QED) is 0.732. The van der Waals surface area contributed by atoms with Crippen LogP contribution in [0, 0.1) is 17.8 Å². The molecule has 118 valence electrons. The molecule has 4 bridgehead atoms. The van der Waals surface area contributed by atoms with Crippen LogP contribution in [-0.2, 0) is 0 Å². The number of hydrogen-bond acceptors (Lipinski definition) is 2. The van der Waals surface area contributed by atoms with Crippen LogP contribution >= 0.6 is 0 Å². The number of aliphatic hydroxyl groups is 1. The monoisotopic (exact) mass is 292 g/mol. The molecule has 0 aromatic heterocycles. The molecular formula is C17H28N2O2. The Labute approximate surface area is 127 Å². The van der Waals surface area contributed by atoms with E-state index in [0.717, 1.165) is 43.4 Å². The highest BCUT2D eigenvalue weighted by Crippen LogP contribution is 2.55. The van der Waals surface area contributed by atoms with Crippen LogP contribution in [0.15, 0.2) is 0 Å². The third-order valence-electron chi connectivity index (χ3n) is 6.46. The van der Waals surface area contributed by atoms with Crippen molar-refractivity contribution in [3.8, 4) is 0 Å². The molecule has 0 aliphatic heterocycles. The third-order valence-corrected chi connectivity index (χ3v) is 6.46. The zero-order valence-corrected chi connectivity index (χ0v) is 12.8. The number of hydrogen-bond donors (Lipinski definition) is 3. The average Bonchev–Trinajstić information content (AvgIpc) is 2.39. The number of aliphatic hydroxyl groups excluding tert-OH is 1. The molecule has 5 fully saturated rings. The first kappa shape index (κ1) is 13.9. The lowest BCUT2D eigenvalue weighted by Crippen LogP contribution is -2.62. The van der Waals surface area contributed by atoms with Crippen LogP contribution in [0.25, 0.3) is 0 Å². The van der Waals surface area contributed by atoms with E-state index in [1.54, 1.807) is 0 Å². The first-order chi connectivity index (χ1) is 10.1. The Balaban J connectivity index is 1.38. The first-order valence-electron chi connectivity index (χ1n) is 8.89. The summed E-state index contributed by atoms with van der Waals surface area (Å²) in [5.74, 6) is 2.53. The maximum Gasteiger partial charge on any atom is 0.315 e. The van der Waals surface area contributed by atoms with Crippen LogP contribution in [0.1, 0.15) is 64.2 Å². The summed E-state index contributed by atoms with van der Waals surface area (Å²) in [6.07, 6.45) is 11.3. The van der Waals surface area contributed by atoms with E-state index in [9.17, 15) is 9.90 Å². The fourth-order valence-corrected chi connectivity index (χ4v) is 5.99. The summed E-state index contributed by atoms with van der Waals surface area (Å²) in [4.78, 5) is 12.4. The van der Waals surface area contributed by atoms with Gasteiger partial charge in [0.1, 0.15) is 0 Å². The molecule has 4 nitrogen and oxygen atoms in total. The van der Waals surface area contributed by atoms with Crippen molar-refractivity contribution in [2.24, 2.45) is 17.8 Å². The SMILES string of the molecule is O=C(NC1CCCCC1O)NC12CC3CC(CC(C3)C1)C2. The van der Waals surface area contributed by atoms with Crippen LogP contribution in [0.5, 0.6) is 0 Å². The van der Waals surface area contributed by atoms with Crippen molar-refractivity contribution >= 4 is 6.03 Å². The molecule has 5 aliphatic rings. The van der Waals surface area contributed by atoms with E-state index in [1.165, 1.54) is 38.5 Å². The topological polar surface area (TPSA) is 61.4 Å². The number of amides is 2. The summed E-state index contributed by atoms with van der Waals surface area (Å²) in [6.45, 7) is 0. The van der Waals surface area contributed by atoms with Gasteiger partial charge in [-0.3, -0.25) is 0 Å². The first-order valence-corrected chi connectivity index (χ1v) is 8.89. The van der Waals surface area contributed by atoms with Gasteiger partial charge in [-0.25, -0.2) is 4.79 Å². The predicted octanol–water partition coefficient (Wildman–Crippen LogP) is 2.56. The molecule has 5 rings (SSSR count). The second-order valence-corrected chi connectivity index (χ2v) is 8.25. The van der Waals surface area contributed by atoms with Gasteiger partial charge in [0, 0.05) is 5.54 Å². The van der Waals surface area contributed by atoms with Gasteiger partial charge in [-0.05, 0) is 69.1 Å². The maximum atomic E-state index is 12.4. The Hall–Kier alpha value is -0.770. The van der Waals surface area contributed by atoms with Gasteiger partial charge in [-0.15, -0.1) is 0 Å². The Morgan fingerprint density at radius 1 is 0.952 bits per heavy atom. The summed E-state index contributed by atoms with van der Waals surface area (Å²) >= 11 is 0. The molecule has 2 unspecified atom stereocenters. The lowest BCUT2D eigenvalue weighted by atomic mass is 9.53. The normalized spacial score (nSPS) is 48.1. The highest BCUT2D eigenvalue weighted by molar-refractivity contribution is 5.75. The molecule has 4 heteroatoms. The van der Waals surface area contributed by atoms with Crippen molar-refractivity contribution in [1.82, 2.24) is 10.6 Å². The van der Waals surface area contributed by atoms with Crippen molar-refractivity contribution in [2.75, 3.05) is 0 Å². The molecule has 5 saturated carbocycles. The van der Waals surface area contributed by atoms with Gasteiger partial charge in [0.05, 0.1) is 12.1 Å². The third kappa shape index (κ3) is 2.67.